The van der Waals surface area contributed by atoms with Gasteiger partial charge < -0.3 is 10.2 Å². The van der Waals surface area contributed by atoms with Crippen molar-refractivity contribution in [1.82, 2.24) is 15.3 Å². The maximum atomic E-state index is 12.9. The summed E-state index contributed by atoms with van der Waals surface area (Å²) in [5, 5.41) is 4.07. The fourth-order valence-corrected chi connectivity index (χ4v) is 4.79. The Hall–Kier alpha value is -2.77. The summed E-state index contributed by atoms with van der Waals surface area (Å²) in [6, 6.07) is 17.2. The average Bonchev–Trinajstić information content (AvgIpc) is 3.27. The Kier molecular flexibility index (Phi) is 4.87. The van der Waals surface area contributed by atoms with Gasteiger partial charge in [-0.1, -0.05) is 47.7 Å². The SMILES string of the molecule is CN(C)c1nc2sc(C(=O)NC(c3ccccc3)c3ccccn3)cc2s1. The van der Waals surface area contributed by atoms with Crippen LogP contribution in [0.15, 0.2) is 60.8 Å². The number of thiazole rings is 1. The van der Waals surface area contributed by atoms with Crippen LogP contribution in [0.3, 0.4) is 0 Å². The number of anilines is 1. The van der Waals surface area contributed by atoms with Gasteiger partial charge in [-0.25, -0.2) is 4.98 Å². The number of fused-ring (bicyclic) bond motifs is 1. The highest BCUT2D eigenvalue weighted by Crippen LogP contribution is 2.34. The molecule has 0 aliphatic carbocycles. The first-order chi connectivity index (χ1) is 13.1. The quantitative estimate of drug-likeness (QED) is 0.547. The first-order valence-electron chi connectivity index (χ1n) is 8.46. The van der Waals surface area contributed by atoms with Crippen LogP contribution in [0.5, 0.6) is 0 Å². The number of hydrogen-bond acceptors (Lipinski definition) is 6. The zero-order valence-electron chi connectivity index (χ0n) is 14.9. The minimum Gasteiger partial charge on any atom is -0.354 e. The predicted molar refractivity (Wildman–Crippen MR) is 112 cm³/mol. The second-order valence-electron chi connectivity index (χ2n) is 6.24. The summed E-state index contributed by atoms with van der Waals surface area (Å²) in [4.78, 5) is 25.5. The molecule has 1 amide bonds. The molecule has 3 heterocycles. The van der Waals surface area contributed by atoms with E-state index in [0.717, 1.165) is 25.9 Å². The van der Waals surface area contributed by atoms with E-state index in [-0.39, 0.29) is 11.9 Å². The molecule has 0 aliphatic heterocycles. The third-order valence-corrected chi connectivity index (χ3v) is 6.40. The number of thiophene rings is 1. The van der Waals surface area contributed by atoms with Crippen molar-refractivity contribution >= 4 is 43.2 Å². The molecule has 0 aliphatic rings. The number of carbonyl (C=O) groups is 1. The predicted octanol–water partition coefficient (Wildman–Crippen LogP) is 4.34. The van der Waals surface area contributed by atoms with E-state index in [0.29, 0.717) is 4.88 Å². The van der Waals surface area contributed by atoms with E-state index in [1.54, 1.807) is 17.5 Å². The summed E-state index contributed by atoms with van der Waals surface area (Å²) < 4.78 is 1.03. The highest BCUT2D eigenvalue weighted by atomic mass is 32.1. The molecule has 0 saturated heterocycles. The third kappa shape index (κ3) is 3.70. The van der Waals surface area contributed by atoms with Crippen LogP contribution in [0.1, 0.15) is 27.0 Å². The molecule has 5 nitrogen and oxygen atoms in total. The molecule has 0 fully saturated rings. The second kappa shape index (κ2) is 7.46. The molecule has 136 valence electrons. The lowest BCUT2D eigenvalue weighted by molar-refractivity contribution is 0.0946. The molecule has 0 spiro atoms. The van der Waals surface area contributed by atoms with Gasteiger partial charge in [0.15, 0.2) is 5.13 Å². The van der Waals surface area contributed by atoms with Gasteiger partial charge in [0.05, 0.1) is 21.3 Å². The smallest absolute Gasteiger partial charge is 0.262 e. The van der Waals surface area contributed by atoms with Gasteiger partial charge in [-0.15, -0.1) is 11.3 Å². The molecule has 1 atom stereocenters. The van der Waals surface area contributed by atoms with Crippen LogP contribution >= 0.6 is 22.7 Å². The third-order valence-electron chi connectivity index (χ3n) is 4.08. The number of benzene rings is 1. The topological polar surface area (TPSA) is 58.1 Å². The van der Waals surface area contributed by atoms with Crippen LogP contribution in [0.4, 0.5) is 5.13 Å². The van der Waals surface area contributed by atoms with Crippen molar-refractivity contribution in [2.45, 2.75) is 6.04 Å². The van der Waals surface area contributed by atoms with Crippen LogP contribution < -0.4 is 10.2 Å². The van der Waals surface area contributed by atoms with E-state index in [2.05, 4.69) is 15.3 Å². The Labute approximate surface area is 165 Å². The van der Waals surface area contributed by atoms with Crippen molar-refractivity contribution < 1.29 is 4.79 Å². The van der Waals surface area contributed by atoms with Gasteiger partial charge in [-0.05, 0) is 23.8 Å². The number of nitrogens with zero attached hydrogens (tertiary/aromatic N) is 3. The van der Waals surface area contributed by atoms with Crippen LogP contribution in [0, 0.1) is 0 Å². The van der Waals surface area contributed by atoms with Gasteiger partial charge in [-0.2, -0.15) is 0 Å². The van der Waals surface area contributed by atoms with Crippen LogP contribution in [-0.4, -0.2) is 30.0 Å². The molecule has 7 heteroatoms. The molecule has 0 bridgehead atoms. The summed E-state index contributed by atoms with van der Waals surface area (Å²) >= 11 is 3.00. The highest BCUT2D eigenvalue weighted by molar-refractivity contribution is 7.29. The van der Waals surface area contributed by atoms with E-state index in [1.165, 1.54) is 11.3 Å². The molecule has 4 rings (SSSR count). The van der Waals surface area contributed by atoms with Crippen molar-refractivity contribution in [1.29, 1.82) is 0 Å². The monoisotopic (exact) mass is 394 g/mol. The minimum atomic E-state index is -0.301. The lowest BCUT2D eigenvalue weighted by atomic mass is 10.0. The van der Waals surface area contributed by atoms with Gasteiger partial charge in [0.25, 0.3) is 5.91 Å². The number of carbonyl (C=O) groups excluding carboxylic acids is 1. The molecule has 1 N–H and O–H groups in total. The summed E-state index contributed by atoms with van der Waals surface area (Å²) in [6.45, 7) is 0. The van der Waals surface area contributed by atoms with Crippen molar-refractivity contribution in [3.05, 3.63) is 76.9 Å². The van der Waals surface area contributed by atoms with E-state index >= 15 is 0 Å². The summed E-state index contributed by atoms with van der Waals surface area (Å²) in [7, 11) is 3.93. The van der Waals surface area contributed by atoms with Gasteiger partial charge >= 0.3 is 0 Å². The lowest BCUT2D eigenvalue weighted by Crippen LogP contribution is -2.29. The minimum absolute atomic E-state index is 0.115. The van der Waals surface area contributed by atoms with Crippen molar-refractivity contribution in [3.8, 4) is 0 Å². The first-order valence-corrected chi connectivity index (χ1v) is 10.1. The number of amides is 1. The van der Waals surface area contributed by atoms with E-state index in [4.69, 9.17) is 0 Å². The summed E-state index contributed by atoms with van der Waals surface area (Å²) in [5.41, 5.74) is 1.80. The Bertz CT molecular complexity index is 986. The van der Waals surface area contributed by atoms with Crippen LogP contribution in [0.25, 0.3) is 9.53 Å². The zero-order chi connectivity index (χ0) is 18.8. The van der Waals surface area contributed by atoms with Crippen LogP contribution in [0.2, 0.25) is 0 Å². The molecule has 0 saturated carbocycles. The fourth-order valence-electron chi connectivity index (χ4n) is 2.75. The maximum absolute atomic E-state index is 12.9. The molecule has 1 aromatic carbocycles. The Morgan fingerprint density at radius 3 is 2.52 bits per heavy atom. The van der Waals surface area contributed by atoms with E-state index in [1.807, 2.05) is 73.6 Å². The molecule has 27 heavy (non-hydrogen) atoms. The average molecular weight is 395 g/mol. The maximum Gasteiger partial charge on any atom is 0.262 e. The normalized spacial score (nSPS) is 12.1. The number of nitrogens with one attached hydrogen (secondary N) is 1. The second-order valence-corrected chi connectivity index (χ2v) is 8.28. The lowest BCUT2D eigenvalue weighted by Gasteiger charge is -2.18. The molecule has 4 aromatic rings. The number of rotatable bonds is 5. The summed E-state index contributed by atoms with van der Waals surface area (Å²) in [6.07, 6.45) is 1.74. The number of aromatic nitrogens is 2. The standard InChI is InChI=1S/C20H18N4OS2/c1-24(2)20-23-19-16(27-20)12-15(26-19)18(25)22-17(13-8-4-3-5-9-13)14-10-6-7-11-21-14/h3-12,17H,1-2H3,(H,22,25). The van der Waals surface area contributed by atoms with E-state index < -0.39 is 0 Å². The van der Waals surface area contributed by atoms with Crippen molar-refractivity contribution in [3.63, 3.8) is 0 Å². The Morgan fingerprint density at radius 2 is 1.85 bits per heavy atom. The highest BCUT2D eigenvalue weighted by Gasteiger charge is 2.21. The van der Waals surface area contributed by atoms with Gasteiger partial charge in [0, 0.05) is 20.3 Å². The van der Waals surface area contributed by atoms with Crippen molar-refractivity contribution in [2.24, 2.45) is 0 Å². The molecule has 0 radical (unpaired) electrons. The van der Waals surface area contributed by atoms with Crippen molar-refractivity contribution in [2.75, 3.05) is 19.0 Å². The first kappa shape index (κ1) is 17.6. The molecule has 1 unspecified atom stereocenters. The molecule has 3 aromatic heterocycles. The number of hydrogen-bond donors (Lipinski definition) is 1. The van der Waals surface area contributed by atoms with Gasteiger partial charge in [0.1, 0.15) is 4.83 Å². The largest absolute Gasteiger partial charge is 0.354 e. The van der Waals surface area contributed by atoms with Gasteiger partial charge in [-0.3, -0.25) is 9.78 Å². The Morgan fingerprint density at radius 1 is 1.07 bits per heavy atom. The Balaban J connectivity index is 1.63. The zero-order valence-corrected chi connectivity index (χ0v) is 16.6. The molecular weight excluding hydrogens is 376 g/mol. The van der Waals surface area contributed by atoms with Gasteiger partial charge in [0.2, 0.25) is 0 Å². The molecular formula is C20H18N4OS2. The van der Waals surface area contributed by atoms with Crippen LogP contribution in [-0.2, 0) is 0 Å². The summed E-state index contributed by atoms with van der Waals surface area (Å²) in [5.74, 6) is -0.115. The van der Waals surface area contributed by atoms with E-state index in [9.17, 15) is 4.79 Å². The number of pyridine rings is 1. The fraction of sp³-hybridized carbons (Fsp3) is 0.150.